The number of aryl methyl sites for hydroxylation is 1. The van der Waals surface area contributed by atoms with Crippen LogP contribution in [0.5, 0.6) is 0 Å². The zero-order valence-electron chi connectivity index (χ0n) is 10.3. The van der Waals surface area contributed by atoms with E-state index in [4.69, 9.17) is 5.11 Å². The molecule has 1 saturated carbocycles. The number of hydrogen-bond donors (Lipinski definition) is 2. The van der Waals surface area contributed by atoms with Crippen molar-refractivity contribution in [2.45, 2.75) is 11.8 Å². The fourth-order valence-corrected chi connectivity index (χ4v) is 2.91. The van der Waals surface area contributed by atoms with Gasteiger partial charge in [-0.15, -0.1) is 0 Å². The third kappa shape index (κ3) is 1.41. The van der Waals surface area contributed by atoms with Crippen molar-refractivity contribution in [3.63, 3.8) is 0 Å². The first-order valence-corrected chi connectivity index (χ1v) is 5.99. The van der Waals surface area contributed by atoms with Crippen LogP contribution >= 0.6 is 0 Å². The maximum atomic E-state index is 11.6. The lowest BCUT2D eigenvalue weighted by Gasteiger charge is -2.09. The van der Waals surface area contributed by atoms with Crippen LogP contribution < -0.4 is 0 Å². The first-order valence-electron chi connectivity index (χ1n) is 5.99. The summed E-state index contributed by atoms with van der Waals surface area (Å²) in [5, 5.41) is 19.4. The molecule has 5 nitrogen and oxygen atoms in total. The molecule has 2 unspecified atom stereocenters. The van der Waals surface area contributed by atoms with Crippen molar-refractivity contribution in [3.05, 3.63) is 36.0 Å². The first kappa shape index (κ1) is 11.8. The Bertz CT molecular complexity index is 703. The standard InChI is InChI=1S/C14H13NO4/c1-15-7-10(8-4-2-3-5-11(8)15)14(13(18)19)6-9(14)12(16)17/h2-5,7,9H,6H2,1H3,(H,16,17)(H,18,19). The van der Waals surface area contributed by atoms with Crippen LogP contribution in [-0.4, -0.2) is 26.7 Å². The molecule has 1 aromatic carbocycles. The minimum absolute atomic E-state index is 0.158. The molecular formula is C14H13NO4. The minimum Gasteiger partial charge on any atom is -0.481 e. The molecule has 1 aliphatic carbocycles. The summed E-state index contributed by atoms with van der Waals surface area (Å²) in [4.78, 5) is 22.7. The Morgan fingerprint density at radius 1 is 1.32 bits per heavy atom. The van der Waals surface area contributed by atoms with Gasteiger partial charge in [-0.2, -0.15) is 0 Å². The van der Waals surface area contributed by atoms with Crippen LogP contribution in [-0.2, 0) is 22.1 Å². The number of aliphatic carboxylic acids is 2. The second kappa shape index (κ2) is 3.60. The predicted molar refractivity (Wildman–Crippen MR) is 68.0 cm³/mol. The molecule has 1 heterocycles. The van der Waals surface area contributed by atoms with E-state index < -0.39 is 23.3 Å². The average Bonchev–Trinajstić information content (AvgIpc) is 3.05. The molecule has 0 saturated heterocycles. The van der Waals surface area contributed by atoms with Gasteiger partial charge in [-0.3, -0.25) is 9.59 Å². The molecule has 1 aromatic heterocycles. The second-order valence-corrected chi connectivity index (χ2v) is 5.04. The largest absolute Gasteiger partial charge is 0.481 e. The Labute approximate surface area is 109 Å². The van der Waals surface area contributed by atoms with Gasteiger partial charge in [0.05, 0.1) is 5.92 Å². The van der Waals surface area contributed by atoms with E-state index in [-0.39, 0.29) is 6.42 Å². The summed E-state index contributed by atoms with van der Waals surface area (Å²) in [5.41, 5.74) is 0.242. The molecule has 3 rings (SSSR count). The fraction of sp³-hybridized carbons (Fsp3) is 0.286. The van der Waals surface area contributed by atoms with Gasteiger partial charge < -0.3 is 14.8 Å². The first-order chi connectivity index (χ1) is 8.98. The quantitative estimate of drug-likeness (QED) is 0.877. The fourth-order valence-electron chi connectivity index (χ4n) is 2.91. The summed E-state index contributed by atoms with van der Waals surface area (Å²) in [6.07, 6.45) is 1.90. The van der Waals surface area contributed by atoms with E-state index in [1.54, 1.807) is 6.20 Å². The van der Waals surface area contributed by atoms with Crippen molar-refractivity contribution in [2.75, 3.05) is 0 Å². The highest BCUT2D eigenvalue weighted by molar-refractivity contribution is 6.00. The lowest BCUT2D eigenvalue weighted by Crippen LogP contribution is -2.25. The van der Waals surface area contributed by atoms with Crippen LogP contribution in [0.15, 0.2) is 30.5 Å². The molecule has 19 heavy (non-hydrogen) atoms. The van der Waals surface area contributed by atoms with E-state index >= 15 is 0 Å². The van der Waals surface area contributed by atoms with Crippen LogP contribution in [0.1, 0.15) is 12.0 Å². The molecule has 2 atom stereocenters. The summed E-state index contributed by atoms with van der Waals surface area (Å²) >= 11 is 0. The van der Waals surface area contributed by atoms with Gasteiger partial charge in [-0.05, 0) is 18.1 Å². The number of hydrogen-bond acceptors (Lipinski definition) is 2. The van der Waals surface area contributed by atoms with E-state index in [9.17, 15) is 14.7 Å². The van der Waals surface area contributed by atoms with Gasteiger partial charge >= 0.3 is 11.9 Å². The molecule has 2 aromatic rings. The third-order valence-electron chi connectivity index (χ3n) is 4.02. The molecule has 0 bridgehead atoms. The van der Waals surface area contributed by atoms with E-state index in [0.29, 0.717) is 5.56 Å². The molecular weight excluding hydrogens is 246 g/mol. The third-order valence-corrected chi connectivity index (χ3v) is 4.02. The van der Waals surface area contributed by atoms with Crippen molar-refractivity contribution < 1.29 is 19.8 Å². The van der Waals surface area contributed by atoms with Crippen molar-refractivity contribution >= 4 is 22.8 Å². The van der Waals surface area contributed by atoms with Crippen molar-refractivity contribution in [1.29, 1.82) is 0 Å². The monoisotopic (exact) mass is 259 g/mol. The lowest BCUT2D eigenvalue weighted by atomic mass is 9.93. The van der Waals surface area contributed by atoms with Gasteiger partial charge in [0.1, 0.15) is 5.41 Å². The number of para-hydroxylation sites is 1. The van der Waals surface area contributed by atoms with Crippen molar-refractivity contribution in [2.24, 2.45) is 13.0 Å². The number of carbonyl (C=O) groups is 2. The van der Waals surface area contributed by atoms with Crippen molar-refractivity contribution in [3.8, 4) is 0 Å². The summed E-state index contributed by atoms with van der Waals surface area (Å²) in [6.45, 7) is 0. The predicted octanol–water partition coefficient (Wildman–Crippen LogP) is 1.61. The number of carboxylic acid groups (broad SMARTS) is 2. The Kier molecular flexibility index (Phi) is 2.23. The molecule has 0 aliphatic heterocycles. The van der Waals surface area contributed by atoms with Crippen molar-refractivity contribution in [1.82, 2.24) is 4.57 Å². The van der Waals surface area contributed by atoms with Gasteiger partial charge in [0.2, 0.25) is 0 Å². The molecule has 0 amide bonds. The van der Waals surface area contributed by atoms with E-state index in [2.05, 4.69) is 0 Å². The highest BCUT2D eigenvalue weighted by Gasteiger charge is 2.66. The van der Waals surface area contributed by atoms with Gasteiger partial charge in [0.15, 0.2) is 0 Å². The molecule has 98 valence electrons. The SMILES string of the molecule is Cn1cc(C2(C(=O)O)CC2C(=O)O)c2ccccc21. The summed E-state index contributed by atoms with van der Waals surface area (Å²) < 4.78 is 1.84. The Morgan fingerprint density at radius 2 is 2.00 bits per heavy atom. The summed E-state index contributed by atoms with van der Waals surface area (Å²) in [5.74, 6) is -2.94. The van der Waals surface area contributed by atoms with Crippen LogP contribution in [0.3, 0.4) is 0 Å². The molecule has 2 N–H and O–H groups in total. The Balaban J connectivity index is 2.24. The van der Waals surface area contributed by atoms with Gasteiger partial charge in [0, 0.05) is 24.1 Å². The maximum Gasteiger partial charge on any atom is 0.315 e. The highest BCUT2D eigenvalue weighted by Crippen LogP contribution is 2.56. The number of benzene rings is 1. The van der Waals surface area contributed by atoms with Gasteiger partial charge in [-0.1, -0.05) is 18.2 Å². The molecule has 1 fully saturated rings. The van der Waals surface area contributed by atoms with Crippen LogP contribution in [0, 0.1) is 5.92 Å². The number of nitrogens with zero attached hydrogens (tertiary/aromatic N) is 1. The van der Waals surface area contributed by atoms with E-state index in [0.717, 1.165) is 10.9 Å². The maximum absolute atomic E-state index is 11.6. The average molecular weight is 259 g/mol. The molecule has 0 radical (unpaired) electrons. The normalized spacial score (nSPS) is 25.4. The lowest BCUT2D eigenvalue weighted by molar-refractivity contribution is -0.145. The van der Waals surface area contributed by atoms with Gasteiger partial charge in [0.25, 0.3) is 0 Å². The molecule has 5 heteroatoms. The number of carboxylic acids is 2. The molecule has 0 spiro atoms. The molecule has 1 aliphatic rings. The van der Waals surface area contributed by atoms with E-state index in [1.165, 1.54) is 0 Å². The zero-order valence-corrected chi connectivity index (χ0v) is 10.3. The zero-order chi connectivity index (χ0) is 13.8. The van der Waals surface area contributed by atoms with Crippen LogP contribution in [0.2, 0.25) is 0 Å². The number of fused-ring (bicyclic) bond motifs is 1. The van der Waals surface area contributed by atoms with Crippen LogP contribution in [0.25, 0.3) is 10.9 Å². The minimum atomic E-state index is -1.27. The Morgan fingerprint density at radius 3 is 2.58 bits per heavy atom. The Hall–Kier alpha value is -2.30. The second-order valence-electron chi connectivity index (χ2n) is 5.04. The van der Waals surface area contributed by atoms with Gasteiger partial charge in [-0.25, -0.2) is 0 Å². The number of rotatable bonds is 3. The topological polar surface area (TPSA) is 79.5 Å². The van der Waals surface area contributed by atoms with E-state index in [1.807, 2.05) is 35.9 Å². The highest BCUT2D eigenvalue weighted by atomic mass is 16.4. The number of aromatic nitrogens is 1. The summed E-state index contributed by atoms with van der Waals surface area (Å²) in [7, 11) is 1.83. The van der Waals surface area contributed by atoms with Crippen LogP contribution in [0.4, 0.5) is 0 Å². The smallest absolute Gasteiger partial charge is 0.315 e. The summed E-state index contributed by atoms with van der Waals surface area (Å²) in [6, 6.07) is 7.44.